The topological polar surface area (TPSA) is 52.5 Å². The van der Waals surface area contributed by atoms with Crippen molar-refractivity contribution in [3.8, 4) is 56.6 Å². The van der Waals surface area contributed by atoms with Crippen molar-refractivity contribution in [3.63, 3.8) is 0 Å². The Labute approximate surface area is 287 Å². The van der Waals surface area contributed by atoms with E-state index in [1.54, 1.807) is 6.08 Å². The molecule has 0 spiro atoms. The molecular formula is C46H33N3. The van der Waals surface area contributed by atoms with Gasteiger partial charge in [0.15, 0.2) is 0 Å². The molecule has 7 rings (SSSR count). The number of hydrogen-bond acceptors (Lipinski definition) is 2. The van der Waals surface area contributed by atoms with Crippen LogP contribution < -0.4 is 0 Å². The number of allylic oxidation sites excluding steroid dienone is 5. The fourth-order valence-corrected chi connectivity index (χ4v) is 6.43. The van der Waals surface area contributed by atoms with E-state index in [2.05, 4.69) is 157 Å². The molecule has 0 N–H and O–H groups in total. The van der Waals surface area contributed by atoms with Gasteiger partial charge in [-0.3, -0.25) is 0 Å². The minimum atomic E-state index is 0.179. The molecule has 0 atom stereocenters. The highest BCUT2D eigenvalue weighted by Crippen LogP contribution is 2.38. The lowest BCUT2D eigenvalue weighted by Crippen LogP contribution is -1.97. The van der Waals surface area contributed by atoms with Gasteiger partial charge in [-0.2, -0.15) is 10.5 Å². The third-order valence-corrected chi connectivity index (χ3v) is 9.06. The molecule has 0 bridgehead atoms. The number of nitrogens with zero attached hydrogens (tertiary/aromatic N) is 3. The first-order chi connectivity index (χ1) is 24.0. The monoisotopic (exact) mass is 627 g/mol. The molecule has 0 radical (unpaired) electrons. The maximum Gasteiger partial charge on any atom is 0.0988 e. The number of fused-ring (bicyclic) bond motifs is 3. The normalized spacial score (nSPS) is 11.7. The van der Waals surface area contributed by atoms with Crippen LogP contribution in [0.15, 0.2) is 175 Å². The van der Waals surface area contributed by atoms with Gasteiger partial charge in [0.05, 0.1) is 29.6 Å². The smallest absolute Gasteiger partial charge is 0.0988 e. The van der Waals surface area contributed by atoms with E-state index in [1.165, 1.54) is 22.3 Å². The first kappa shape index (κ1) is 30.9. The van der Waals surface area contributed by atoms with E-state index in [-0.39, 0.29) is 6.42 Å². The van der Waals surface area contributed by atoms with Crippen LogP contribution in [0.1, 0.15) is 13.3 Å². The summed E-state index contributed by atoms with van der Waals surface area (Å²) in [5, 5.41) is 21.0. The lowest BCUT2D eigenvalue weighted by Gasteiger charge is -2.13. The predicted octanol–water partition coefficient (Wildman–Crippen LogP) is 12.2. The zero-order chi connectivity index (χ0) is 33.7. The van der Waals surface area contributed by atoms with E-state index in [4.69, 9.17) is 5.26 Å². The fourth-order valence-electron chi connectivity index (χ4n) is 6.43. The van der Waals surface area contributed by atoms with Gasteiger partial charge in [-0.15, -0.1) is 0 Å². The predicted molar refractivity (Wildman–Crippen MR) is 204 cm³/mol. The highest BCUT2D eigenvalue weighted by molar-refractivity contribution is 6.12. The molecule has 7 aromatic rings. The van der Waals surface area contributed by atoms with Gasteiger partial charge in [0, 0.05) is 22.0 Å². The molecule has 0 aliphatic heterocycles. The van der Waals surface area contributed by atoms with E-state index in [0.717, 1.165) is 55.3 Å². The second-order valence-corrected chi connectivity index (χ2v) is 12.1. The van der Waals surface area contributed by atoms with Crippen LogP contribution in [-0.2, 0) is 0 Å². The number of benzene rings is 6. The molecule has 0 amide bonds. The number of aromatic nitrogens is 1. The first-order valence-corrected chi connectivity index (χ1v) is 16.3. The molecule has 232 valence electrons. The average molecular weight is 628 g/mol. The molecule has 0 fully saturated rings. The van der Waals surface area contributed by atoms with E-state index in [1.807, 2.05) is 25.1 Å². The number of hydrogen-bond donors (Lipinski definition) is 0. The molecule has 49 heavy (non-hydrogen) atoms. The number of rotatable bonds is 8. The molecule has 3 heteroatoms. The maximum atomic E-state index is 9.69. The molecule has 1 heterocycles. The van der Waals surface area contributed by atoms with Crippen LogP contribution in [0, 0.1) is 22.7 Å². The van der Waals surface area contributed by atoms with Gasteiger partial charge >= 0.3 is 0 Å². The van der Waals surface area contributed by atoms with Crippen molar-refractivity contribution in [1.82, 2.24) is 4.57 Å². The van der Waals surface area contributed by atoms with Crippen molar-refractivity contribution in [2.45, 2.75) is 13.3 Å². The zero-order valence-electron chi connectivity index (χ0n) is 27.3. The molecule has 1 aromatic heterocycles. The minimum Gasteiger partial charge on any atom is -0.310 e. The Morgan fingerprint density at radius 3 is 1.37 bits per heavy atom. The Balaban J connectivity index is 1.35. The summed E-state index contributed by atoms with van der Waals surface area (Å²) >= 11 is 0. The summed E-state index contributed by atoms with van der Waals surface area (Å²) in [6.45, 7) is 6.46. The van der Waals surface area contributed by atoms with Crippen molar-refractivity contribution < 1.29 is 0 Å². The van der Waals surface area contributed by atoms with Gasteiger partial charge in [0.2, 0.25) is 0 Å². The SMILES string of the molecule is C=C(/C(C)=C\C(C#N)=C/CC#N)n1c2ccc(-c3ccc(-c4ccccc4)cc3)cc2c2cc(-c3ccc(-c4ccccc4)cc3)ccc21. The lowest BCUT2D eigenvalue weighted by atomic mass is 9.97. The van der Waals surface area contributed by atoms with E-state index in [9.17, 15) is 5.26 Å². The van der Waals surface area contributed by atoms with Gasteiger partial charge < -0.3 is 4.57 Å². The summed E-state index contributed by atoms with van der Waals surface area (Å²) in [5.74, 6) is 0. The first-order valence-electron chi connectivity index (χ1n) is 16.3. The molecule has 0 aliphatic rings. The van der Waals surface area contributed by atoms with Crippen LogP contribution in [0.4, 0.5) is 0 Å². The second kappa shape index (κ2) is 13.6. The zero-order valence-corrected chi connectivity index (χ0v) is 27.3. The van der Waals surface area contributed by atoms with Crippen molar-refractivity contribution in [3.05, 3.63) is 175 Å². The van der Waals surface area contributed by atoms with Crippen molar-refractivity contribution in [1.29, 1.82) is 10.5 Å². The Bertz CT molecular complexity index is 2320. The van der Waals surface area contributed by atoms with Crippen LogP contribution in [0.3, 0.4) is 0 Å². The average Bonchev–Trinajstić information content (AvgIpc) is 3.49. The Hall–Kier alpha value is -6.68. The Kier molecular flexibility index (Phi) is 8.58. The maximum absolute atomic E-state index is 9.69. The molecule has 0 saturated heterocycles. The summed E-state index contributed by atoms with van der Waals surface area (Å²) in [5.41, 5.74) is 13.5. The van der Waals surface area contributed by atoms with Crippen LogP contribution in [0.25, 0.3) is 72.0 Å². The van der Waals surface area contributed by atoms with E-state index < -0.39 is 0 Å². The summed E-state index contributed by atoms with van der Waals surface area (Å²) in [7, 11) is 0. The van der Waals surface area contributed by atoms with Crippen molar-refractivity contribution in [2.75, 3.05) is 0 Å². The van der Waals surface area contributed by atoms with E-state index in [0.29, 0.717) is 5.57 Å². The van der Waals surface area contributed by atoms with Gasteiger partial charge in [-0.05, 0) is 87.3 Å². The van der Waals surface area contributed by atoms with E-state index >= 15 is 0 Å². The molecule has 0 saturated carbocycles. The highest BCUT2D eigenvalue weighted by atomic mass is 15.0. The molecule has 0 aliphatic carbocycles. The number of nitriles is 2. The minimum absolute atomic E-state index is 0.179. The summed E-state index contributed by atoms with van der Waals surface area (Å²) in [4.78, 5) is 0. The lowest BCUT2D eigenvalue weighted by molar-refractivity contribution is 1.20. The van der Waals surface area contributed by atoms with Crippen molar-refractivity contribution >= 4 is 27.5 Å². The van der Waals surface area contributed by atoms with Crippen LogP contribution in [0.2, 0.25) is 0 Å². The van der Waals surface area contributed by atoms with Crippen LogP contribution in [-0.4, -0.2) is 4.57 Å². The van der Waals surface area contributed by atoms with Gasteiger partial charge in [0.25, 0.3) is 0 Å². The highest BCUT2D eigenvalue weighted by Gasteiger charge is 2.16. The standard InChI is InChI=1S/C46H33N3/c1-32(28-34(31-48)10-9-27-47)33(2)49-45-25-23-41(39-19-15-37(16-20-39)35-11-5-3-6-12-35)29-43(45)44-30-42(24-26-46(44)49)40-21-17-38(18-22-40)36-13-7-4-8-14-36/h3-8,10-26,28-30H,2,9H2,1H3/b32-28-,34-10+. The third kappa shape index (κ3) is 6.22. The third-order valence-electron chi connectivity index (χ3n) is 9.06. The Morgan fingerprint density at radius 1 is 0.571 bits per heavy atom. The summed E-state index contributed by atoms with van der Waals surface area (Å²) in [6, 6.07) is 55.8. The fraction of sp³-hybridized carbons (Fsp3) is 0.0435. The summed E-state index contributed by atoms with van der Waals surface area (Å²) in [6.07, 6.45) is 3.63. The largest absolute Gasteiger partial charge is 0.310 e. The molecule has 3 nitrogen and oxygen atoms in total. The van der Waals surface area contributed by atoms with Gasteiger partial charge in [0.1, 0.15) is 0 Å². The second-order valence-electron chi connectivity index (χ2n) is 12.1. The Morgan fingerprint density at radius 2 is 0.959 bits per heavy atom. The molecule has 0 unspecified atom stereocenters. The summed E-state index contributed by atoms with van der Waals surface area (Å²) < 4.78 is 2.18. The quantitative estimate of drug-likeness (QED) is 0.124. The van der Waals surface area contributed by atoms with Gasteiger partial charge in [-0.25, -0.2) is 0 Å². The molecule has 6 aromatic carbocycles. The van der Waals surface area contributed by atoms with Crippen LogP contribution in [0.5, 0.6) is 0 Å². The molecular weight excluding hydrogens is 595 g/mol. The van der Waals surface area contributed by atoms with Crippen molar-refractivity contribution in [2.24, 2.45) is 0 Å². The van der Waals surface area contributed by atoms with Crippen LogP contribution >= 0.6 is 0 Å². The van der Waals surface area contributed by atoms with Gasteiger partial charge in [-0.1, -0.05) is 134 Å².